The zero-order chi connectivity index (χ0) is 58.1. The van der Waals surface area contributed by atoms with E-state index in [0.717, 1.165) is 50.5 Å². The molecule has 80 heavy (non-hydrogen) atoms. The van der Waals surface area contributed by atoms with Gasteiger partial charge in [0, 0.05) is 94.3 Å². The Morgan fingerprint density at radius 1 is 0.400 bits per heavy atom. The van der Waals surface area contributed by atoms with Crippen LogP contribution in [0.3, 0.4) is 0 Å². The predicted octanol–water partition coefficient (Wildman–Crippen LogP) is 11.3. The first-order valence-corrected chi connectivity index (χ1v) is 26.9. The van der Waals surface area contributed by atoms with Crippen LogP contribution in [0.5, 0.6) is 0 Å². The highest BCUT2D eigenvalue weighted by Crippen LogP contribution is 2.22. The lowest BCUT2D eigenvalue weighted by Gasteiger charge is -2.03. The van der Waals surface area contributed by atoms with Gasteiger partial charge in [0.15, 0.2) is 16.9 Å². The first-order valence-electron chi connectivity index (χ1n) is 22.5. The molecule has 12 heterocycles. The summed E-state index contributed by atoms with van der Waals surface area (Å²) in [4.78, 5) is 48.2. The largest absolute Gasteiger partial charge is 0.491 e. The predicted molar refractivity (Wildman–Crippen MR) is 335 cm³/mol. The molecule has 0 spiro atoms. The zero-order valence-electron chi connectivity index (χ0n) is 41.2. The van der Waals surface area contributed by atoms with E-state index in [2.05, 4.69) is 105 Å². The van der Waals surface area contributed by atoms with Gasteiger partial charge in [-0.15, -0.1) is 0 Å². The van der Waals surface area contributed by atoms with Gasteiger partial charge >= 0.3 is 14.2 Å². The van der Waals surface area contributed by atoms with Gasteiger partial charge in [0.2, 0.25) is 0 Å². The maximum atomic E-state index is 8.98. The van der Waals surface area contributed by atoms with E-state index in [4.69, 9.17) is 100 Å². The molecule has 12 rings (SSSR count). The van der Waals surface area contributed by atoms with E-state index in [0.29, 0.717) is 43.1 Å². The van der Waals surface area contributed by atoms with E-state index in [9.17, 15) is 0 Å². The van der Waals surface area contributed by atoms with Gasteiger partial charge < -0.3 is 20.1 Å². The highest BCUT2D eigenvalue weighted by molar-refractivity contribution is 14.1. The van der Waals surface area contributed by atoms with Crippen molar-refractivity contribution in [3.05, 3.63) is 197 Å². The molecule has 18 nitrogen and oxygen atoms in total. The normalized spacial score (nSPS) is 9.85. The van der Waals surface area contributed by atoms with Crippen molar-refractivity contribution in [2.75, 3.05) is 0 Å². The van der Waals surface area contributed by atoms with Crippen LogP contribution in [0.25, 0.3) is 65.8 Å². The number of pyridine rings is 12. The summed E-state index contributed by atoms with van der Waals surface area (Å²) in [6.07, 6.45) is 15.1. The lowest BCUT2D eigenvalue weighted by molar-refractivity contribution is 0.424. The number of nitrogens with zero attached hydrogens (tertiary/aromatic N) is 14. The molecule has 0 aliphatic carbocycles. The molecule has 0 bridgehead atoms. The van der Waals surface area contributed by atoms with Gasteiger partial charge in [-0.3, -0.25) is 15.0 Å². The van der Waals surface area contributed by atoms with Crippen LogP contribution in [0, 0.1) is 29.8 Å². The molecule has 0 aliphatic rings. The molecule has 0 fully saturated rings. The van der Waals surface area contributed by atoms with Crippen LogP contribution in [-0.2, 0) is 0 Å². The Hall–Kier alpha value is -6.49. The van der Waals surface area contributed by atoms with Crippen LogP contribution in [0.15, 0.2) is 159 Å². The fraction of sp³-hybridized carbons (Fsp3) is 0.0385. The van der Waals surface area contributed by atoms with E-state index in [-0.39, 0.29) is 21.2 Å². The van der Waals surface area contributed by atoms with Gasteiger partial charge in [-0.1, -0.05) is 69.6 Å². The number of aromatic nitrogens is 12. The molecule has 12 aromatic rings. The first kappa shape index (κ1) is 64.3. The van der Waals surface area contributed by atoms with Crippen LogP contribution in [0.1, 0.15) is 13.8 Å². The van der Waals surface area contributed by atoms with E-state index >= 15 is 0 Å². The van der Waals surface area contributed by atoms with Crippen molar-refractivity contribution in [2.24, 2.45) is 0 Å². The van der Waals surface area contributed by atoms with Crippen LogP contribution >= 0.6 is 115 Å². The molecule has 0 aliphatic heterocycles. The molecule has 0 saturated carbocycles. The fourth-order valence-corrected chi connectivity index (χ4v) is 8.13. The van der Waals surface area contributed by atoms with Crippen molar-refractivity contribution >= 4 is 206 Å². The standard InChI is InChI=1S/2C8H6BClN2O2.2C8H4ClIN2.2C8H5ClN2.2C2H3N/c10-8-6(9(13)14)3-5-1-2-11-4-7(5)12-8;10-7-6(9(13)14)4-5-2-1-3-11-8(5)12-7;9-8-6(10)3-5-1-2-11-4-7(5)12-8;9-7-6(10)4-5-2-1-3-11-8(5)12-7;9-8-2-1-6-3-4-10-5-7(6)11-8;9-7-4-3-6-2-1-5-10-8(6)11-7;2*1-2-3/h2*1-4,13-14H;2*1-4H;2*1-5H;2*1H3. The molecule has 0 atom stereocenters. The molecule has 0 saturated heterocycles. The zero-order valence-corrected chi connectivity index (χ0v) is 50.1. The number of rotatable bonds is 2. The van der Waals surface area contributed by atoms with Crippen molar-refractivity contribution < 1.29 is 20.1 Å². The Morgan fingerprint density at radius 3 is 1.26 bits per heavy atom. The summed E-state index contributed by atoms with van der Waals surface area (Å²) in [6.45, 7) is 2.86. The smallest absolute Gasteiger partial charge is 0.423 e. The van der Waals surface area contributed by atoms with Gasteiger partial charge in [0.25, 0.3) is 0 Å². The third-order valence-electron chi connectivity index (χ3n) is 9.65. The molecular weight excluding hydrogens is 1370 g/mol. The second-order valence-corrected chi connectivity index (χ2v) is 19.6. The van der Waals surface area contributed by atoms with E-state index in [1.165, 1.54) is 13.8 Å². The monoisotopic (exact) mass is 1410 g/mol. The maximum Gasteiger partial charge on any atom is 0.491 e. The van der Waals surface area contributed by atoms with E-state index in [1.54, 1.807) is 110 Å². The fourth-order valence-electron chi connectivity index (χ4n) is 6.17. The van der Waals surface area contributed by atoms with Crippen LogP contribution in [0.2, 0.25) is 30.9 Å². The number of halogens is 8. The highest BCUT2D eigenvalue weighted by atomic mass is 127. The third-order valence-corrected chi connectivity index (χ3v) is 13.5. The quantitative estimate of drug-likeness (QED) is 0.0711. The summed E-state index contributed by atoms with van der Waals surface area (Å²) in [5.74, 6) is 0. The molecule has 0 radical (unpaired) electrons. The Kier molecular flexibility index (Phi) is 26.8. The van der Waals surface area contributed by atoms with Gasteiger partial charge in [-0.25, -0.2) is 44.9 Å². The minimum atomic E-state index is -1.61. The summed E-state index contributed by atoms with van der Waals surface area (Å²) in [5, 5.41) is 58.4. The Labute approximate surface area is 514 Å². The van der Waals surface area contributed by atoms with E-state index < -0.39 is 14.2 Å². The lowest BCUT2D eigenvalue weighted by atomic mass is 9.81. The molecule has 0 unspecified atom stereocenters. The average molecular weight is 1410 g/mol. The Balaban J connectivity index is 0.000000173. The van der Waals surface area contributed by atoms with E-state index in [1.807, 2.05) is 60.7 Å². The summed E-state index contributed by atoms with van der Waals surface area (Å²) < 4.78 is 1.92. The van der Waals surface area contributed by atoms with Crippen molar-refractivity contribution in [1.82, 2.24) is 59.8 Å². The Bertz CT molecular complexity index is 3760. The average Bonchev–Trinajstić information content (AvgIpc) is 3.46. The van der Waals surface area contributed by atoms with Crippen molar-refractivity contribution in [3.63, 3.8) is 0 Å². The lowest BCUT2D eigenvalue weighted by Crippen LogP contribution is -2.31. The Morgan fingerprint density at radius 2 is 0.750 bits per heavy atom. The second kappa shape index (κ2) is 33.3. The molecule has 4 N–H and O–H groups in total. The molecule has 28 heteroatoms. The minimum absolute atomic E-state index is 0.0613. The SMILES string of the molecule is CC#N.CC#N.Clc1ccc2cccnc2n1.Clc1ccc2ccncc2n1.Clc1nc2cnccc2cc1I.Clc1nc2ncccc2cc1I.OB(O)c1cc2cccnc2nc1Cl.OB(O)c1cc2ccncc2nc1Cl. The number of fused-ring (bicyclic) bond motifs is 6. The summed E-state index contributed by atoms with van der Waals surface area (Å²) in [6, 6.07) is 34.7. The van der Waals surface area contributed by atoms with Gasteiger partial charge in [-0.05, 0) is 148 Å². The van der Waals surface area contributed by atoms with Crippen LogP contribution in [0.4, 0.5) is 0 Å². The third kappa shape index (κ3) is 19.9. The summed E-state index contributed by atoms with van der Waals surface area (Å²) in [5.41, 5.74) is 4.56. The van der Waals surface area contributed by atoms with Gasteiger partial charge in [0.1, 0.15) is 30.9 Å². The van der Waals surface area contributed by atoms with Crippen molar-refractivity contribution in [1.29, 1.82) is 10.5 Å². The molecule has 12 aromatic heterocycles. The number of nitriles is 2. The van der Waals surface area contributed by atoms with Crippen LogP contribution in [-0.4, -0.2) is 94.1 Å². The summed E-state index contributed by atoms with van der Waals surface area (Å²) >= 11 is 38.8. The highest BCUT2D eigenvalue weighted by Gasteiger charge is 2.18. The second-order valence-electron chi connectivity index (χ2n) is 15.1. The molecule has 0 amide bonds. The van der Waals surface area contributed by atoms with Crippen LogP contribution < -0.4 is 10.9 Å². The maximum absolute atomic E-state index is 8.98. The number of hydrogen-bond donors (Lipinski definition) is 4. The topological polar surface area (TPSA) is 283 Å². The number of hydrogen-bond acceptors (Lipinski definition) is 18. The van der Waals surface area contributed by atoms with Gasteiger partial charge in [0.05, 0.1) is 54.4 Å². The van der Waals surface area contributed by atoms with Crippen molar-refractivity contribution in [2.45, 2.75) is 13.8 Å². The first-order chi connectivity index (χ1) is 38.5. The van der Waals surface area contributed by atoms with Gasteiger partial charge in [-0.2, -0.15) is 10.5 Å². The molecular formula is C52H36B2Cl6I2N14O4. The minimum Gasteiger partial charge on any atom is -0.423 e. The molecule has 0 aromatic carbocycles. The van der Waals surface area contributed by atoms with Crippen molar-refractivity contribution in [3.8, 4) is 12.1 Å². The summed E-state index contributed by atoms with van der Waals surface area (Å²) in [7, 11) is -3.22. The molecule has 400 valence electrons.